The highest BCUT2D eigenvalue weighted by Crippen LogP contribution is 2.38. The lowest BCUT2D eigenvalue weighted by Gasteiger charge is -2.25. The van der Waals surface area contributed by atoms with Crippen LogP contribution in [-0.2, 0) is 4.74 Å². The molecule has 22 heavy (non-hydrogen) atoms. The lowest BCUT2D eigenvalue weighted by atomic mass is 9.87. The minimum absolute atomic E-state index is 0. The summed E-state index contributed by atoms with van der Waals surface area (Å²) in [5.74, 6) is 1.38. The Morgan fingerprint density at radius 2 is 2.27 bits per heavy atom. The molecule has 5 nitrogen and oxygen atoms in total. The van der Waals surface area contributed by atoms with E-state index in [0.29, 0.717) is 11.3 Å². The number of guanidine groups is 1. The van der Waals surface area contributed by atoms with Gasteiger partial charge in [0.2, 0.25) is 0 Å². The number of aliphatic hydroxyl groups is 1. The fourth-order valence-electron chi connectivity index (χ4n) is 3.95. The van der Waals surface area contributed by atoms with Gasteiger partial charge in [-0.05, 0) is 32.6 Å². The smallest absolute Gasteiger partial charge is 0.193 e. The molecule has 0 aromatic heterocycles. The highest BCUT2D eigenvalue weighted by Gasteiger charge is 2.42. The number of aliphatic imine (C=N–C) groups is 1. The monoisotopic (exact) mass is 423 g/mol. The van der Waals surface area contributed by atoms with Gasteiger partial charge in [0.25, 0.3) is 0 Å². The molecule has 3 atom stereocenters. The van der Waals surface area contributed by atoms with E-state index in [1.807, 2.05) is 0 Å². The predicted molar refractivity (Wildman–Crippen MR) is 98.8 cm³/mol. The van der Waals surface area contributed by atoms with Crippen LogP contribution in [0.2, 0.25) is 0 Å². The maximum Gasteiger partial charge on any atom is 0.193 e. The van der Waals surface area contributed by atoms with Crippen molar-refractivity contribution in [2.75, 3.05) is 39.4 Å². The number of nitrogens with one attached hydrogen (secondary N) is 1. The zero-order valence-corrected chi connectivity index (χ0v) is 15.9. The molecule has 2 N–H and O–H groups in total. The molecular formula is C16H30IN3O2. The highest BCUT2D eigenvalue weighted by atomic mass is 127. The lowest BCUT2D eigenvalue weighted by Crippen LogP contribution is -2.42. The first kappa shape index (κ1) is 18.3. The quantitative estimate of drug-likeness (QED) is 0.413. The third-order valence-electron chi connectivity index (χ3n) is 5.35. The number of ether oxygens (including phenoxy) is 1. The fraction of sp³-hybridized carbons (Fsp3) is 0.938. The molecule has 0 aromatic carbocycles. The Bertz CT molecular complexity index is 386. The van der Waals surface area contributed by atoms with Crippen LogP contribution < -0.4 is 5.32 Å². The Labute approximate surface area is 150 Å². The van der Waals surface area contributed by atoms with Crippen LogP contribution in [0, 0.1) is 11.3 Å². The molecule has 1 saturated carbocycles. The molecule has 0 radical (unpaired) electrons. The number of hydrogen-bond acceptors (Lipinski definition) is 3. The fourth-order valence-corrected chi connectivity index (χ4v) is 3.95. The summed E-state index contributed by atoms with van der Waals surface area (Å²) in [4.78, 5) is 7.20. The van der Waals surface area contributed by atoms with E-state index in [-0.39, 0.29) is 30.1 Å². The summed E-state index contributed by atoms with van der Waals surface area (Å²) < 4.78 is 5.61. The Kier molecular flexibility index (Phi) is 6.76. The van der Waals surface area contributed by atoms with E-state index in [2.05, 4.69) is 17.1 Å². The Morgan fingerprint density at radius 1 is 1.41 bits per heavy atom. The van der Waals surface area contributed by atoms with Gasteiger partial charge < -0.3 is 20.1 Å². The minimum Gasteiger partial charge on any atom is -0.393 e. The second-order valence-corrected chi connectivity index (χ2v) is 6.93. The highest BCUT2D eigenvalue weighted by molar-refractivity contribution is 14.0. The van der Waals surface area contributed by atoms with Gasteiger partial charge in [0.05, 0.1) is 12.7 Å². The number of rotatable bonds is 3. The third-order valence-corrected chi connectivity index (χ3v) is 5.35. The summed E-state index contributed by atoms with van der Waals surface area (Å²) in [5.41, 5.74) is 0.364. The number of nitrogens with zero attached hydrogens (tertiary/aromatic N) is 2. The van der Waals surface area contributed by atoms with E-state index in [0.717, 1.165) is 64.6 Å². The van der Waals surface area contributed by atoms with Crippen LogP contribution in [0.3, 0.4) is 0 Å². The first-order valence-corrected chi connectivity index (χ1v) is 8.51. The molecule has 2 heterocycles. The molecular weight excluding hydrogens is 393 g/mol. The summed E-state index contributed by atoms with van der Waals surface area (Å²) in [6, 6.07) is 0. The summed E-state index contributed by atoms with van der Waals surface area (Å²) in [6.07, 6.45) is 5.45. The second kappa shape index (κ2) is 8.15. The molecule has 0 amide bonds. The minimum atomic E-state index is -0.148. The Hall–Kier alpha value is -0.0800. The molecule has 2 saturated heterocycles. The van der Waals surface area contributed by atoms with Crippen molar-refractivity contribution in [1.29, 1.82) is 0 Å². The van der Waals surface area contributed by atoms with Crippen LogP contribution in [-0.4, -0.2) is 61.5 Å². The van der Waals surface area contributed by atoms with Crippen LogP contribution in [0.4, 0.5) is 0 Å². The summed E-state index contributed by atoms with van der Waals surface area (Å²) in [6.45, 7) is 7.72. The van der Waals surface area contributed by atoms with Gasteiger partial charge in [0, 0.05) is 44.1 Å². The number of hydrogen-bond donors (Lipinski definition) is 2. The third kappa shape index (κ3) is 4.06. The van der Waals surface area contributed by atoms with E-state index in [1.165, 1.54) is 12.8 Å². The summed E-state index contributed by atoms with van der Waals surface area (Å²) in [7, 11) is 0. The molecule has 1 aliphatic carbocycles. The molecule has 2 aliphatic heterocycles. The van der Waals surface area contributed by atoms with Crippen molar-refractivity contribution < 1.29 is 9.84 Å². The van der Waals surface area contributed by atoms with Crippen LogP contribution >= 0.6 is 24.0 Å². The maximum atomic E-state index is 9.94. The van der Waals surface area contributed by atoms with Crippen molar-refractivity contribution in [3.05, 3.63) is 0 Å². The topological polar surface area (TPSA) is 57.1 Å². The number of aliphatic hydroxyl groups excluding tert-OH is 1. The molecule has 3 aliphatic rings. The standard InChI is InChI=1S/C16H29N3O2.HI/c1-2-17-15(18-10-13-4-3-5-14(13)20)19-8-6-16(11-19)7-9-21-12-16;/h13-14,20H,2-12H2,1H3,(H,17,18);1H. The zero-order valence-electron chi connectivity index (χ0n) is 13.6. The normalized spacial score (nSPS) is 35.2. The van der Waals surface area contributed by atoms with Crippen molar-refractivity contribution in [2.24, 2.45) is 16.3 Å². The average molecular weight is 423 g/mol. The molecule has 0 bridgehead atoms. The maximum absolute atomic E-state index is 9.94. The van der Waals surface area contributed by atoms with Crippen molar-refractivity contribution in [3.8, 4) is 0 Å². The van der Waals surface area contributed by atoms with E-state index in [4.69, 9.17) is 9.73 Å². The average Bonchev–Trinajstić information content (AvgIpc) is 3.19. The zero-order chi connectivity index (χ0) is 14.7. The van der Waals surface area contributed by atoms with Gasteiger partial charge in [0.15, 0.2) is 5.96 Å². The van der Waals surface area contributed by atoms with Crippen LogP contribution in [0.25, 0.3) is 0 Å². The van der Waals surface area contributed by atoms with Gasteiger partial charge in [-0.15, -0.1) is 24.0 Å². The Morgan fingerprint density at radius 3 is 2.91 bits per heavy atom. The van der Waals surface area contributed by atoms with E-state index in [9.17, 15) is 5.11 Å². The molecule has 128 valence electrons. The van der Waals surface area contributed by atoms with Crippen molar-refractivity contribution in [3.63, 3.8) is 0 Å². The molecule has 0 aromatic rings. The summed E-state index contributed by atoms with van der Waals surface area (Å²) in [5, 5.41) is 13.4. The van der Waals surface area contributed by atoms with Gasteiger partial charge in [-0.1, -0.05) is 6.42 Å². The largest absolute Gasteiger partial charge is 0.393 e. The first-order valence-electron chi connectivity index (χ1n) is 8.51. The van der Waals surface area contributed by atoms with Crippen LogP contribution in [0.1, 0.15) is 39.0 Å². The van der Waals surface area contributed by atoms with Gasteiger partial charge in [0.1, 0.15) is 0 Å². The van der Waals surface area contributed by atoms with E-state index in [1.54, 1.807) is 0 Å². The van der Waals surface area contributed by atoms with E-state index < -0.39 is 0 Å². The molecule has 3 unspecified atom stereocenters. The van der Waals surface area contributed by atoms with Gasteiger partial charge >= 0.3 is 0 Å². The molecule has 3 rings (SSSR count). The second-order valence-electron chi connectivity index (χ2n) is 6.93. The van der Waals surface area contributed by atoms with Gasteiger partial charge in [-0.25, -0.2) is 0 Å². The van der Waals surface area contributed by atoms with Crippen molar-refractivity contribution in [1.82, 2.24) is 10.2 Å². The van der Waals surface area contributed by atoms with Crippen molar-refractivity contribution >= 4 is 29.9 Å². The molecule has 3 fully saturated rings. The van der Waals surface area contributed by atoms with Crippen LogP contribution in [0.5, 0.6) is 0 Å². The molecule has 6 heteroatoms. The van der Waals surface area contributed by atoms with Gasteiger partial charge in [-0.3, -0.25) is 4.99 Å². The first-order chi connectivity index (χ1) is 10.2. The Balaban J connectivity index is 0.00000176. The predicted octanol–water partition coefficient (Wildman–Crippen LogP) is 1.84. The lowest BCUT2D eigenvalue weighted by molar-refractivity contribution is 0.136. The van der Waals surface area contributed by atoms with Crippen molar-refractivity contribution in [2.45, 2.75) is 45.1 Å². The van der Waals surface area contributed by atoms with E-state index >= 15 is 0 Å². The summed E-state index contributed by atoms with van der Waals surface area (Å²) >= 11 is 0. The van der Waals surface area contributed by atoms with Gasteiger partial charge in [-0.2, -0.15) is 0 Å². The molecule has 1 spiro atoms. The SMILES string of the molecule is CCNC(=NCC1CCCC1O)N1CCC2(CCOC2)C1.I. The van der Waals surface area contributed by atoms with Crippen LogP contribution in [0.15, 0.2) is 4.99 Å². The number of halogens is 1. The number of likely N-dealkylation sites (tertiary alicyclic amines) is 1.